The first-order chi connectivity index (χ1) is 10.1. The highest BCUT2D eigenvalue weighted by Crippen LogP contribution is 2.24. The highest BCUT2D eigenvalue weighted by molar-refractivity contribution is 5.50. The van der Waals surface area contributed by atoms with E-state index in [4.69, 9.17) is 4.74 Å². The van der Waals surface area contributed by atoms with E-state index >= 15 is 0 Å². The molecule has 0 aliphatic rings. The Morgan fingerprint density at radius 3 is 2.14 bits per heavy atom. The molecular formula is C19H25NO. The van der Waals surface area contributed by atoms with Gasteiger partial charge in [0, 0.05) is 18.3 Å². The van der Waals surface area contributed by atoms with E-state index in [0.717, 1.165) is 18.7 Å². The van der Waals surface area contributed by atoms with Gasteiger partial charge in [0.15, 0.2) is 0 Å². The van der Waals surface area contributed by atoms with E-state index in [2.05, 4.69) is 62.1 Å². The monoisotopic (exact) mass is 283 g/mol. The van der Waals surface area contributed by atoms with Gasteiger partial charge < -0.3 is 9.64 Å². The molecule has 112 valence electrons. The molecule has 0 spiro atoms. The van der Waals surface area contributed by atoms with Crippen LogP contribution in [0, 0.1) is 6.92 Å². The number of methoxy groups -OCH3 is 1. The fourth-order valence-electron chi connectivity index (χ4n) is 2.39. The van der Waals surface area contributed by atoms with E-state index in [9.17, 15) is 0 Å². The number of hydrogen-bond acceptors (Lipinski definition) is 2. The number of ether oxygens (including phenoxy) is 1. The molecule has 0 aromatic heterocycles. The number of aryl methyl sites for hydroxylation is 1. The maximum atomic E-state index is 5.25. The zero-order valence-corrected chi connectivity index (χ0v) is 13.5. The van der Waals surface area contributed by atoms with Crippen molar-refractivity contribution in [1.82, 2.24) is 0 Å². The third-order valence-electron chi connectivity index (χ3n) is 4.00. The van der Waals surface area contributed by atoms with E-state index in [1.54, 1.807) is 7.11 Å². The Morgan fingerprint density at radius 1 is 1.00 bits per heavy atom. The molecule has 0 bridgehead atoms. The van der Waals surface area contributed by atoms with E-state index in [1.807, 2.05) is 12.1 Å². The smallest absolute Gasteiger partial charge is 0.119 e. The van der Waals surface area contributed by atoms with Gasteiger partial charge in [0.2, 0.25) is 0 Å². The lowest BCUT2D eigenvalue weighted by Gasteiger charge is -2.31. The van der Waals surface area contributed by atoms with Crippen LogP contribution in [0.25, 0.3) is 0 Å². The topological polar surface area (TPSA) is 12.5 Å². The second-order valence-electron chi connectivity index (χ2n) is 5.57. The maximum absolute atomic E-state index is 5.25. The molecule has 1 atom stereocenters. The number of nitrogens with zero attached hydrogens (tertiary/aromatic N) is 1. The molecule has 0 aliphatic heterocycles. The highest BCUT2D eigenvalue weighted by atomic mass is 16.5. The lowest BCUT2D eigenvalue weighted by atomic mass is 10.1. The fourth-order valence-corrected chi connectivity index (χ4v) is 2.39. The van der Waals surface area contributed by atoms with Gasteiger partial charge in [-0.2, -0.15) is 0 Å². The number of rotatable bonds is 6. The zero-order chi connectivity index (χ0) is 15.2. The summed E-state index contributed by atoms with van der Waals surface area (Å²) in [5.41, 5.74) is 3.89. The highest BCUT2D eigenvalue weighted by Gasteiger charge is 2.13. The molecule has 0 amide bonds. The van der Waals surface area contributed by atoms with Gasteiger partial charge in [-0.15, -0.1) is 0 Å². The van der Waals surface area contributed by atoms with Crippen molar-refractivity contribution in [1.29, 1.82) is 0 Å². The first-order valence-electron chi connectivity index (χ1n) is 7.60. The Kier molecular flexibility index (Phi) is 5.26. The van der Waals surface area contributed by atoms with Crippen molar-refractivity contribution in [3.8, 4) is 5.75 Å². The minimum absolute atomic E-state index is 0.500. The second-order valence-corrected chi connectivity index (χ2v) is 5.57. The van der Waals surface area contributed by atoms with Gasteiger partial charge in [-0.1, -0.05) is 36.8 Å². The van der Waals surface area contributed by atoms with Crippen molar-refractivity contribution in [3.63, 3.8) is 0 Å². The van der Waals surface area contributed by atoms with E-state index in [-0.39, 0.29) is 0 Å². The standard InChI is InChI=1S/C19H25NO/c1-5-16(3)20(14-17-8-6-15(2)7-9-17)18-10-12-19(21-4)13-11-18/h6-13,16H,5,14H2,1-4H3. The Labute approximate surface area is 128 Å². The van der Waals surface area contributed by atoms with Gasteiger partial charge in [-0.3, -0.25) is 0 Å². The molecular weight excluding hydrogens is 258 g/mol. The van der Waals surface area contributed by atoms with Crippen LogP contribution in [0.5, 0.6) is 5.75 Å². The van der Waals surface area contributed by atoms with Crippen molar-refractivity contribution >= 4 is 5.69 Å². The molecule has 0 saturated heterocycles. The minimum atomic E-state index is 0.500. The Balaban J connectivity index is 2.22. The van der Waals surface area contributed by atoms with Crippen LogP contribution in [0.2, 0.25) is 0 Å². The summed E-state index contributed by atoms with van der Waals surface area (Å²) in [6.45, 7) is 7.57. The molecule has 0 heterocycles. The van der Waals surface area contributed by atoms with Crippen LogP contribution in [0.15, 0.2) is 48.5 Å². The summed E-state index contributed by atoms with van der Waals surface area (Å²) < 4.78 is 5.25. The molecule has 2 heteroatoms. The van der Waals surface area contributed by atoms with Crippen LogP contribution in [0.4, 0.5) is 5.69 Å². The average Bonchev–Trinajstić information content (AvgIpc) is 2.54. The summed E-state index contributed by atoms with van der Waals surface area (Å²) in [7, 11) is 1.70. The fraction of sp³-hybridized carbons (Fsp3) is 0.368. The molecule has 2 aromatic carbocycles. The molecule has 0 saturated carbocycles. The zero-order valence-electron chi connectivity index (χ0n) is 13.5. The lowest BCUT2D eigenvalue weighted by molar-refractivity contribution is 0.414. The van der Waals surface area contributed by atoms with Gasteiger partial charge in [-0.25, -0.2) is 0 Å². The molecule has 0 radical (unpaired) electrons. The average molecular weight is 283 g/mol. The molecule has 0 fully saturated rings. The van der Waals surface area contributed by atoms with E-state index < -0.39 is 0 Å². The molecule has 2 nitrogen and oxygen atoms in total. The third-order valence-corrected chi connectivity index (χ3v) is 4.00. The van der Waals surface area contributed by atoms with Crippen molar-refractivity contribution in [2.24, 2.45) is 0 Å². The summed E-state index contributed by atoms with van der Waals surface area (Å²) in [5, 5.41) is 0. The maximum Gasteiger partial charge on any atom is 0.119 e. The Bertz CT molecular complexity index is 545. The number of benzene rings is 2. The van der Waals surface area contributed by atoms with Crippen LogP contribution in [0.3, 0.4) is 0 Å². The first kappa shape index (κ1) is 15.4. The summed E-state index contributed by atoms with van der Waals surface area (Å²) in [5.74, 6) is 0.901. The van der Waals surface area contributed by atoms with Crippen molar-refractivity contribution in [3.05, 3.63) is 59.7 Å². The third kappa shape index (κ3) is 4.01. The number of hydrogen-bond donors (Lipinski definition) is 0. The molecule has 2 rings (SSSR count). The van der Waals surface area contributed by atoms with Crippen molar-refractivity contribution in [2.75, 3.05) is 12.0 Å². The van der Waals surface area contributed by atoms with Gasteiger partial charge in [-0.05, 0) is 50.1 Å². The van der Waals surface area contributed by atoms with Gasteiger partial charge in [0.05, 0.1) is 7.11 Å². The molecule has 0 aliphatic carbocycles. The SMILES string of the molecule is CCC(C)N(Cc1ccc(C)cc1)c1ccc(OC)cc1. The molecule has 21 heavy (non-hydrogen) atoms. The van der Waals surface area contributed by atoms with Crippen LogP contribution in [-0.2, 0) is 6.54 Å². The van der Waals surface area contributed by atoms with Crippen molar-refractivity contribution in [2.45, 2.75) is 39.8 Å². The Morgan fingerprint density at radius 2 is 1.62 bits per heavy atom. The second kappa shape index (κ2) is 7.16. The molecule has 2 aromatic rings. The van der Waals surface area contributed by atoms with E-state index in [1.165, 1.54) is 16.8 Å². The van der Waals surface area contributed by atoms with Gasteiger partial charge >= 0.3 is 0 Å². The predicted molar refractivity (Wildman–Crippen MR) is 90.1 cm³/mol. The van der Waals surface area contributed by atoms with Gasteiger partial charge in [0.25, 0.3) is 0 Å². The van der Waals surface area contributed by atoms with E-state index in [0.29, 0.717) is 6.04 Å². The summed E-state index contributed by atoms with van der Waals surface area (Å²) in [6, 6.07) is 17.6. The van der Waals surface area contributed by atoms with Crippen LogP contribution in [-0.4, -0.2) is 13.2 Å². The normalized spacial score (nSPS) is 12.0. The van der Waals surface area contributed by atoms with Crippen molar-refractivity contribution < 1.29 is 4.74 Å². The summed E-state index contributed by atoms with van der Waals surface area (Å²) in [4.78, 5) is 2.45. The lowest BCUT2D eigenvalue weighted by Crippen LogP contribution is -2.31. The summed E-state index contributed by atoms with van der Waals surface area (Å²) in [6.07, 6.45) is 1.12. The van der Waals surface area contributed by atoms with Crippen LogP contribution >= 0.6 is 0 Å². The molecule has 1 unspecified atom stereocenters. The first-order valence-corrected chi connectivity index (χ1v) is 7.60. The number of anilines is 1. The largest absolute Gasteiger partial charge is 0.497 e. The minimum Gasteiger partial charge on any atom is -0.497 e. The predicted octanol–water partition coefficient (Wildman–Crippen LogP) is 4.81. The summed E-state index contributed by atoms with van der Waals surface area (Å²) >= 11 is 0. The molecule has 0 N–H and O–H groups in total. The van der Waals surface area contributed by atoms with Crippen LogP contribution in [0.1, 0.15) is 31.4 Å². The van der Waals surface area contributed by atoms with Gasteiger partial charge in [0.1, 0.15) is 5.75 Å². The quantitative estimate of drug-likeness (QED) is 0.754. The van der Waals surface area contributed by atoms with Crippen LogP contribution < -0.4 is 9.64 Å². The Hall–Kier alpha value is -1.96.